The molecular formula is C18H29N2O4P. The third-order valence-electron chi connectivity index (χ3n) is 4.90. The maximum atomic E-state index is 12.6. The van der Waals surface area contributed by atoms with Crippen molar-refractivity contribution in [2.24, 2.45) is 11.7 Å². The lowest BCUT2D eigenvalue weighted by molar-refractivity contribution is -0.141. The molecule has 1 aromatic carbocycles. The van der Waals surface area contributed by atoms with Gasteiger partial charge in [-0.25, -0.2) is 0 Å². The molecule has 1 aromatic rings. The number of nitrogens with one attached hydrogen (secondary N) is 1. The first-order chi connectivity index (χ1) is 11.9. The molecule has 0 heterocycles. The molecule has 25 heavy (non-hydrogen) atoms. The van der Waals surface area contributed by atoms with Crippen LogP contribution in [0.15, 0.2) is 30.3 Å². The van der Waals surface area contributed by atoms with Gasteiger partial charge in [0.25, 0.3) is 0 Å². The summed E-state index contributed by atoms with van der Waals surface area (Å²) in [5.41, 5.74) is 6.78. The summed E-state index contributed by atoms with van der Waals surface area (Å²) >= 11 is 0. The fourth-order valence-corrected chi connectivity index (χ4v) is 4.89. The number of hydrogen-bond acceptors (Lipinski definition) is 4. The predicted octanol–water partition coefficient (Wildman–Crippen LogP) is 2.41. The van der Waals surface area contributed by atoms with Gasteiger partial charge in [0.05, 0.1) is 11.7 Å². The number of carboxylic acid groups (broad SMARTS) is 1. The van der Waals surface area contributed by atoms with Crippen molar-refractivity contribution < 1.29 is 19.4 Å². The lowest BCUT2D eigenvalue weighted by atomic mass is 9.95. The lowest BCUT2D eigenvalue weighted by Crippen LogP contribution is -2.41. The number of benzene rings is 1. The topological polar surface area (TPSA) is 113 Å². The minimum Gasteiger partial charge on any atom is -0.481 e. The van der Waals surface area contributed by atoms with Gasteiger partial charge in [0.15, 0.2) is 0 Å². The van der Waals surface area contributed by atoms with E-state index in [-0.39, 0.29) is 19.1 Å². The van der Waals surface area contributed by atoms with E-state index >= 15 is 0 Å². The second-order valence-electron chi connectivity index (χ2n) is 6.97. The molecule has 2 rings (SSSR count). The molecule has 0 aliphatic heterocycles. The van der Waals surface area contributed by atoms with Crippen molar-refractivity contribution in [2.45, 2.75) is 50.3 Å². The van der Waals surface area contributed by atoms with Gasteiger partial charge in [0.1, 0.15) is 0 Å². The number of rotatable bonds is 9. The van der Waals surface area contributed by atoms with Crippen LogP contribution in [-0.4, -0.2) is 40.5 Å². The lowest BCUT2D eigenvalue weighted by Gasteiger charge is -2.27. The van der Waals surface area contributed by atoms with Crippen LogP contribution in [-0.2, 0) is 15.8 Å². The third-order valence-corrected chi connectivity index (χ3v) is 7.08. The van der Waals surface area contributed by atoms with Crippen molar-refractivity contribution in [2.75, 3.05) is 12.7 Å². The highest BCUT2D eigenvalue weighted by molar-refractivity contribution is 7.58. The van der Waals surface area contributed by atoms with Crippen molar-refractivity contribution in [3.8, 4) is 0 Å². The average Bonchev–Trinajstić information content (AvgIpc) is 2.60. The zero-order valence-electron chi connectivity index (χ0n) is 14.5. The first-order valence-electron chi connectivity index (χ1n) is 8.95. The summed E-state index contributed by atoms with van der Waals surface area (Å²) in [6.45, 7) is 0.246. The quantitative estimate of drug-likeness (QED) is 0.498. The molecule has 1 fully saturated rings. The molecule has 5 N–H and O–H groups in total. The van der Waals surface area contributed by atoms with E-state index in [4.69, 9.17) is 5.73 Å². The van der Waals surface area contributed by atoms with Gasteiger partial charge >= 0.3 is 5.97 Å². The smallest absolute Gasteiger partial charge is 0.307 e. The predicted molar refractivity (Wildman–Crippen MR) is 98.8 cm³/mol. The van der Waals surface area contributed by atoms with Crippen molar-refractivity contribution in [3.63, 3.8) is 0 Å². The van der Waals surface area contributed by atoms with Crippen LogP contribution in [0.2, 0.25) is 0 Å². The summed E-state index contributed by atoms with van der Waals surface area (Å²) in [4.78, 5) is 21.9. The summed E-state index contributed by atoms with van der Waals surface area (Å²) in [7, 11) is -3.76. The molecule has 7 heteroatoms. The van der Waals surface area contributed by atoms with Crippen LogP contribution in [0.25, 0.3) is 0 Å². The number of hydrogen-bond donors (Lipinski definition) is 4. The Morgan fingerprint density at radius 3 is 2.48 bits per heavy atom. The molecule has 1 saturated carbocycles. The van der Waals surface area contributed by atoms with Crippen LogP contribution in [0.4, 0.5) is 0 Å². The van der Waals surface area contributed by atoms with E-state index in [9.17, 15) is 19.4 Å². The molecule has 6 nitrogen and oxygen atoms in total. The zero-order chi connectivity index (χ0) is 18.3. The Bertz CT molecular complexity index is 590. The van der Waals surface area contributed by atoms with Crippen LogP contribution < -0.4 is 11.1 Å². The Morgan fingerprint density at radius 2 is 1.88 bits per heavy atom. The standard InChI is InChI=1S/C18H29N2O4P/c19-17(12-20-16-9-5-2-6-10-16)25(23,24)13-15(18(21)22)11-14-7-3-1-4-8-14/h1,3-4,7-8,15-17,20H,2,5-6,9-13,19H2,(H,21,22)(H,23,24). The van der Waals surface area contributed by atoms with Gasteiger partial charge in [-0.3, -0.25) is 9.36 Å². The minimum absolute atomic E-state index is 0.226. The van der Waals surface area contributed by atoms with E-state index in [0.29, 0.717) is 6.04 Å². The molecule has 0 spiro atoms. The Balaban J connectivity index is 1.91. The highest BCUT2D eigenvalue weighted by atomic mass is 31.2. The van der Waals surface area contributed by atoms with Crippen LogP contribution in [0, 0.1) is 5.92 Å². The highest BCUT2D eigenvalue weighted by Crippen LogP contribution is 2.46. The molecule has 0 saturated heterocycles. The van der Waals surface area contributed by atoms with E-state index < -0.39 is 25.0 Å². The number of nitrogens with two attached hydrogens (primary N) is 1. The SMILES string of the molecule is NC(CNC1CCCCC1)P(=O)(O)CC(Cc1ccccc1)C(=O)O. The van der Waals surface area contributed by atoms with Gasteiger partial charge in [0, 0.05) is 18.7 Å². The third kappa shape index (κ3) is 6.55. The van der Waals surface area contributed by atoms with Crippen molar-refractivity contribution in [1.29, 1.82) is 0 Å². The van der Waals surface area contributed by atoms with E-state index in [1.54, 1.807) is 0 Å². The van der Waals surface area contributed by atoms with E-state index in [2.05, 4.69) is 5.32 Å². The van der Waals surface area contributed by atoms with Crippen LogP contribution in [0.1, 0.15) is 37.7 Å². The molecule has 0 amide bonds. The Kier molecular flexibility index (Phi) is 7.63. The first-order valence-corrected chi connectivity index (χ1v) is 10.9. The molecule has 0 radical (unpaired) electrons. The number of carbonyl (C=O) groups is 1. The van der Waals surface area contributed by atoms with Crippen molar-refractivity contribution in [1.82, 2.24) is 5.32 Å². The van der Waals surface area contributed by atoms with Gasteiger partial charge in [-0.05, 0) is 24.8 Å². The summed E-state index contributed by atoms with van der Waals surface area (Å²) in [5.74, 6) is -2.92. The molecule has 3 unspecified atom stereocenters. The number of carboxylic acids is 1. The van der Waals surface area contributed by atoms with Crippen LogP contribution >= 0.6 is 7.37 Å². The highest BCUT2D eigenvalue weighted by Gasteiger charge is 2.34. The summed E-state index contributed by atoms with van der Waals surface area (Å²) in [6.07, 6.45) is 5.63. The monoisotopic (exact) mass is 368 g/mol. The normalized spacial score (nSPS) is 20.6. The molecule has 1 aliphatic carbocycles. The van der Waals surface area contributed by atoms with Gasteiger partial charge in [0.2, 0.25) is 7.37 Å². The Labute approximate surface area is 149 Å². The van der Waals surface area contributed by atoms with E-state index in [0.717, 1.165) is 18.4 Å². The van der Waals surface area contributed by atoms with Crippen molar-refractivity contribution >= 4 is 13.3 Å². The maximum absolute atomic E-state index is 12.6. The van der Waals surface area contributed by atoms with Gasteiger partial charge < -0.3 is 21.1 Å². The largest absolute Gasteiger partial charge is 0.481 e. The Hall–Kier alpha value is -1.20. The van der Waals surface area contributed by atoms with E-state index in [1.807, 2.05) is 30.3 Å². The minimum atomic E-state index is -3.76. The average molecular weight is 368 g/mol. The summed E-state index contributed by atoms with van der Waals surface area (Å²) in [6, 6.07) is 9.49. The molecule has 1 aliphatic rings. The maximum Gasteiger partial charge on any atom is 0.307 e. The molecule has 3 atom stereocenters. The number of aliphatic carboxylic acids is 1. The van der Waals surface area contributed by atoms with E-state index in [1.165, 1.54) is 19.3 Å². The van der Waals surface area contributed by atoms with Gasteiger partial charge in [-0.1, -0.05) is 49.6 Å². The summed E-state index contributed by atoms with van der Waals surface area (Å²) < 4.78 is 12.6. The molecule has 140 valence electrons. The van der Waals surface area contributed by atoms with Crippen LogP contribution in [0.5, 0.6) is 0 Å². The molecule has 0 aromatic heterocycles. The van der Waals surface area contributed by atoms with Crippen LogP contribution in [0.3, 0.4) is 0 Å². The second-order valence-corrected chi connectivity index (χ2v) is 9.51. The Morgan fingerprint density at radius 1 is 1.24 bits per heavy atom. The molecular weight excluding hydrogens is 339 g/mol. The van der Waals surface area contributed by atoms with Gasteiger partial charge in [-0.15, -0.1) is 0 Å². The fourth-order valence-electron chi connectivity index (χ4n) is 3.32. The van der Waals surface area contributed by atoms with Crippen molar-refractivity contribution in [3.05, 3.63) is 35.9 Å². The first kappa shape index (κ1) is 20.1. The fraction of sp³-hybridized carbons (Fsp3) is 0.611. The zero-order valence-corrected chi connectivity index (χ0v) is 15.4. The second kappa shape index (κ2) is 9.48. The summed E-state index contributed by atoms with van der Waals surface area (Å²) in [5, 5.41) is 12.7. The molecule has 0 bridgehead atoms. The van der Waals surface area contributed by atoms with Gasteiger partial charge in [-0.2, -0.15) is 0 Å².